The summed E-state index contributed by atoms with van der Waals surface area (Å²) in [5.41, 5.74) is 0.247. The summed E-state index contributed by atoms with van der Waals surface area (Å²) >= 11 is 0. The molecule has 0 aromatic carbocycles. The van der Waals surface area contributed by atoms with Gasteiger partial charge in [-0.3, -0.25) is 4.79 Å². The average Bonchev–Trinajstić information content (AvgIpc) is 2.40. The van der Waals surface area contributed by atoms with E-state index in [4.69, 9.17) is 0 Å². The van der Waals surface area contributed by atoms with E-state index in [1.807, 2.05) is 11.9 Å². The van der Waals surface area contributed by atoms with Crippen LogP contribution in [0.25, 0.3) is 0 Å². The first-order valence-corrected chi connectivity index (χ1v) is 8.16. The summed E-state index contributed by atoms with van der Waals surface area (Å²) in [6.07, 6.45) is 8.06. The van der Waals surface area contributed by atoms with Crippen molar-refractivity contribution in [3.8, 4) is 0 Å². The van der Waals surface area contributed by atoms with Crippen molar-refractivity contribution in [1.82, 2.24) is 15.1 Å². The summed E-state index contributed by atoms with van der Waals surface area (Å²) in [6.45, 7) is 3.14. The van der Waals surface area contributed by atoms with Gasteiger partial charge in [0, 0.05) is 25.6 Å². The number of amides is 1. The van der Waals surface area contributed by atoms with Crippen molar-refractivity contribution in [3.05, 3.63) is 0 Å². The second kappa shape index (κ2) is 6.90. The van der Waals surface area contributed by atoms with Crippen LogP contribution in [0.2, 0.25) is 0 Å². The lowest BCUT2D eigenvalue weighted by Crippen LogP contribution is -2.57. The Hall–Kier alpha value is -0.610. The standard InChI is InChI=1S/C16H31N3O/c1-18(2)16(9-5-10-16)13-19(3)15(20)8-7-14-6-4-11-17-12-14/h14,17H,4-13H2,1-3H3. The first kappa shape index (κ1) is 15.8. The first-order valence-electron chi connectivity index (χ1n) is 8.16. The predicted octanol–water partition coefficient (Wildman–Crippen LogP) is 1.71. The summed E-state index contributed by atoms with van der Waals surface area (Å²) < 4.78 is 0. The lowest BCUT2D eigenvalue weighted by molar-refractivity contribution is -0.133. The maximum absolute atomic E-state index is 12.3. The Kier molecular flexibility index (Phi) is 5.44. The van der Waals surface area contributed by atoms with Crippen molar-refractivity contribution < 1.29 is 4.79 Å². The number of piperidine rings is 1. The molecule has 1 aliphatic heterocycles. The van der Waals surface area contributed by atoms with Crippen LogP contribution in [-0.4, -0.2) is 62.0 Å². The van der Waals surface area contributed by atoms with Gasteiger partial charge in [0.2, 0.25) is 5.91 Å². The van der Waals surface area contributed by atoms with Crippen LogP contribution in [0.15, 0.2) is 0 Å². The fraction of sp³-hybridized carbons (Fsp3) is 0.938. The number of likely N-dealkylation sites (N-methyl/N-ethyl adjacent to an activating group) is 2. The number of nitrogens with zero attached hydrogens (tertiary/aromatic N) is 2. The highest BCUT2D eigenvalue weighted by Crippen LogP contribution is 2.36. The smallest absolute Gasteiger partial charge is 0.222 e. The van der Waals surface area contributed by atoms with Crippen molar-refractivity contribution >= 4 is 5.91 Å². The molecule has 2 rings (SSSR count). The minimum Gasteiger partial charge on any atom is -0.344 e. The molecule has 1 amide bonds. The molecule has 4 heteroatoms. The lowest BCUT2D eigenvalue weighted by atomic mass is 9.75. The summed E-state index contributed by atoms with van der Waals surface area (Å²) in [4.78, 5) is 16.6. The molecule has 0 aromatic rings. The SMILES string of the molecule is CN(CC1(N(C)C)CCC1)C(=O)CCC1CCCNC1. The fourth-order valence-corrected chi connectivity index (χ4v) is 3.55. The summed E-state index contributed by atoms with van der Waals surface area (Å²) in [5.74, 6) is 1.02. The van der Waals surface area contributed by atoms with Crippen molar-refractivity contribution in [1.29, 1.82) is 0 Å². The van der Waals surface area contributed by atoms with Crippen LogP contribution in [0.4, 0.5) is 0 Å². The topological polar surface area (TPSA) is 35.6 Å². The zero-order valence-corrected chi connectivity index (χ0v) is 13.5. The molecule has 0 aromatic heterocycles. The molecule has 1 saturated heterocycles. The van der Waals surface area contributed by atoms with Gasteiger partial charge in [-0.15, -0.1) is 0 Å². The normalized spacial score (nSPS) is 25.3. The molecular weight excluding hydrogens is 250 g/mol. The van der Waals surface area contributed by atoms with Crippen molar-refractivity contribution in [2.45, 2.75) is 50.5 Å². The number of carbonyl (C=O) groups is 1. The van der Waals surface area contributed by atoms with Gasteiger partial charge in [-0.25, -0.2) is 0 Å². The number of carbonyl (C=O) groups excluding carboxylic acids is 1. The molecule has 2 aliphatic rings. The number of hydrogen-bond acceptors (Lipinski definition) is 3. The Balaban J connectivity index is 1.74. The van der Waals surface area contributed by atoms with Gasteiger partial charge in [-0.1, -0.05) is 0 Å². The average molecular weight is 281 g/mol. The molecule has 1 N–H and O–H groups in total. The third-order valence-corrected chi connectivity index (χ3v) is 5.36. The Labute approximate surface area is 123 Å². The van der Waals surface area contributed by atoms with E-state index >= 15 is 0 Å². The Morgan fingerprint density at radius 2 is 2.00 bits per heavy atom. The molecule has 2 fully saturated rings. The van der Waals surface area contributed by atoms with Crippen molar-refractivity contribution in [2.75, 3.05) is 40.8 Å². The van der Waals surface area contributed by atoms with E-state index < -0.39 is 0 Å². The third-order valence-electron chi connectivity index (χ3n) is 5.36. The molecule has 0 spiro atoms. The van der Waals surface area contributed by atoms with Gasteiger partial charge >= 0.3 is 0 Å². The first-order chi connectivity index (χ1) is 9.53. The van der Waals surface area contributed by atoms with Gasteiger partial charge in [0.15, 0.2) is 0 Å². The highest BCUT2D eigenvalue weighted by Gasteiger charge is 2.40. The van der Waals surface area contributed by atoms with Crippen molar-refractivity contribution in [2.24, 2.45) is 5.92 Å². The Bertz CT molecular complexity index is 320. The van der Waals surface area contributed by atoms with Crippen LogP contribution in [0, 0.1) is 5.92 Å². The second-order valence-electron chi connectivity index (χ2n) is 6.97. The van der Waals surface area contributed by atoms with E-state index in [0.29, 0.717) is 18.2 Å². The quantitative estimate of drug-likeness (QED) is 0.805. The van der Waals surface area contributed by atoms with Crippen LogP contribution in [0.1, 0.15) is 44.9 Å². The summed E-state index contributed by atoms with van der Waals surface area (Å²) in [7, 11) is 6.27. The summed E-state index contributed by atoms with van der Waals surface area (Å²) in [5, 5.41) is 3.43. The van der Waals surface area contributed by atoms with Crippen LogP contribution < -0.4 is 5.32 Å². The van der Waals surface area contributed by atoms with E-state index in [-0.39, 0.29) is 5.54 Å². The number of rotatable bonds is 6. The molecule has 1 heterocycles. The zero-order chi connectivity index (χ0) is 14.6. The number of nitrogens with one attached hydrogen (secondary N) is 1. The Morgan fingerprint density at radius 1 is 1.25 bits per heavy atom. The van der Waals surface area contributed by atoms with Crippen molar-refractivity contribution in [3.63, 3.8) is 0 Å². The highest BCUT2D eigenvalue weighted by molar-refractivity contribution is 5.76. The number of hydrogen-bond donors (Lipinski definition) is 1. The maximum Gasteiger partial charge on any atom is 0.222 e. The molecular formula is C16H31N3O. The monoisotopic (exact) mass is 281 g/mol. The second-order valence-corrected chi connectivity index (χ2v) is 6.97. The molecule has 1 unspecified atom stereocenters. The molecule has 116 valence electrons. The molecule has 4 nitrogen and oxygen atoms in total. The summed E-state index contributed by atoms with van der Waals surface area (Å²) in [6, 6.07) is 0. The van der Waals surface area contributed by atoms with E-state index in [9.17, 15) is 4.79 Å². The van der Waals surface area contributed by atoms with E-state index in [1.54, 1.807) is 0 Å². The third kappa shape index (κ3) is 3.73. The molecule has 1 aliphatic carbocycles. The molecule has 0 bridgehead atoms. The predicted molar refractivity (Wildman–Crippen MR) is 82.7 cm³/mol. The largest absolute Gasteiger partial charge is 0.344 e. The highest BCUT2D eigenvalue weighted by atomic mass is 16.2. The van der Waals surface area contributed by atoms with Gasteiger partial charge < -0.3 is 15.1 Å². The van der Waals surface area contributed by atoms with Gasteiger partial charge in [0.05, 0.1) is 0 Å². The lowest BCUT2D eigenvalue weighted by Gasteiger charge is -2.49. The van der Waals surface area contributed by atoms with Crippen LogP contribution in [-0.2, 0) is 4.79 Å². The van der Waals surface area contributed by atoms with E-state index in [0.717, 1.165) is 26.1 Å². The van der Waals surface area contributed by atoms with Crippen LogP contribution in [0.3, 0.4) is 0 Å². The van der Waals surface area contributed by atoms with Gasteiger partial charge in [0.1, 0.15) is 0 Å². The maximum atomic E-state index is 12.3. The fourth-order valence-electron chi connectivity index (χ4n) is 3.55. The molecule has 0 radical (unpaired) electrons. The minimum atomic E-state index is 0.247. The van der Waals surface area contributed by atoms with Crippen LogP contribution in [0.5, 0.6) is 0 Å². The van der Waals surface area contributed by atoms with Gasteiger partial charge in [-0.05, 0) is 71.6 Å². The molecule has 1 saturated carbocycles. The van der Waals surface area contributed by atoms with E-state index in [1.165, 1.54) is 32.1 Å². The molecule has 1 atom stereocenters. The Morgan fingerprint density at radius 3 is 2.50 bits per heavy atom. The van der Waals surface area contributed by atoms with Gasteiger partial charge in [0.25, 0.3) is 0 Å². The zero-order valence-electron chi connectivity index (χ0n) is 13.5. The van der Waals surface area contributed by atoms with Crippen LogP contribution >= 0.6 is 0 Å². The van der Waals surface area contributed by atoms with Gasteiger partial charge in [-0.2, -0.15) is 0 Å². The minimum absolute atomic E-state index is 0.247. The molecule has 20 heavy (non-hydrogen) atoms. The van der Waals surface area contributed by atoms with E-state index in [2.05, 4.69) is 24.3 Å².